The fourth-order valence-electron chi connectivity index (χ4n) is 4.43. The molecule has 0 unspecified atom stereocenters. The summed E-state index contributed by atoms with van der Waals surface area (Å²) in [5, 5.41) is 0. The summed E-state index contributed by atoms with van der Waals surface area (Å²) in [6.07, 6.45) is 5.53. The fourth-order valence-corrected chi connectivity index (χ4v) is 6.04. The van der Waals surface area contributed by atoms with Gasteiger partial charge in [-0.3, -0.25) is 9.13 Å². The highest BCUT2D eigenvalue weighted by Crippen LogP contribution is 2.32. The molecule has 0 radical (unpaired) electrons. The average molecular weight is 427 g/mol. The summed E-state index contributed by atoms with van der Waals surface area (Å²) in [6.45, 7) is 1.53. The molecule has 30 heavy (non-hydrogen) atoms. The molecule has 1 aliphatic heterocycles. The highest BCUT2D eigenvalue weighted by Gasteiger charge is 2.33. The summed E-state index contributed by atoms with van der Waals surface area (Å²) in [5.41, 5.74) is 2.22. The second-order valence-corrected chi connectivity index (χ2v) is 10.4. The van der Waals surface area contributed by atoms with E-state index in [1.165, 1.54) is 0 Å². The van der Waals surface area contributed by atoms with Crippen LogP contribution in [-0.2, 0) is 22.3 Å². The number of rotatable bonds is 6. The zero-order valence-electron chi connectivity index (χ0n) is 16.9. The van der Waals surface area contributed by atoms with Gasteiger partial charge in [0.15, 0.2) is 5.65 Å². The number of pyridine rings is 1. The first kappa shape index (κ1) is 19.5. The molecule has 2 fully saturated rings. The van der Waals surface area contributed by atoms with Crippen LogP contribution in [0.15, 0.2) is 53.5 Å². The Morgan fingerprint density at radius 3 is 2.60 bits per heavy atom. The number of fused-ring (bicyclic) bond motifs is 1. The quantitative estimate of drug-likeness (QED) is 0.607. The molecule has 0 N–H and O–H groups in total. The van der Waals surface area contributed by atoms with Crippen LogP contribution in [0.5, 0.6) is 0 Å². The Kier molecular flexibility index (Phi) is 4.99. The van der Waals surface area contributed by atoms with E-state index < -0.39 is 10.0 Å². The van der Waals surface area contributed by atoms with E-state index in [1.807, 2.05) is 47.0 Å². The minimum absolute atomic E-state index is 0.0167. The van der Waals surface area contributed by atoms with E-state index in [9.17, 15) is 13.2 Å². The number of piperidine rings is 1. The third-order valence-electron chi connectivity index (χ3n) is 6.17. The molecular weight excluding hydrogens is 400 g/mol. The number of imidazole rings is 1. The summed E-state index contributed by atoms with van der Waals surface area (Å²) in [6, 6.07) is 12.8. The van der Waals surface area contributed by atoms with Gasteiger partial charge in [0.05, 0.1) is 17.3 Å². The van der Waals surface area contributed by atoms with E-state index in [4.69, 9.17) is 0 Å². The molecule has 7 nitrogen and oxygen atoms in total. The van der Waals surface area contributed by atoms with Crippen LogP contribution in [0.3, 0.4) is 0 Å². The van der Waals surface area contributed by atoms with Gasteiger partial charge in [-0.15, -0.1) is 0 Å². The Bertz CT molecular complexity index is 1210. The number of nitrogens with zero attached hydrogens (tertiary/aromatic N) is 4. The predicted molar refractivity (Wildman–Crippen MR) is 116 cm³/mol. The summed E-state index contributed by atoms with van der Waals surface area (Å²) >= 11 is 0. The van der Waals surface area contributed by atoms with Crippen molar-refractivity contribution in [3.05, 3.63) is 64.7 Å². The third kappa shape index (κ3) is 3.70. The van der Waals surface area contributed by atoms with Crippen molar-refractivity contribution in [2.24, 2.45) is 5.92 Å². The maximum Gasteiger partial charge on any atom is 0.330 e. The monoisotopic (exact) mass is 426 g/mol. The second kappa shape index (κ2) is 7.67. The van der Waals surface area contributed by atoms with Crippen LogP contribution in [0.1, 0.15) is 37.3 Å². The number of aromatic nitrogens is 3. The SMILES string of the molecule is O=c1n(CC2CC2)c2cccnc2n1[C@H]1CCCN(S(=O)(=O)Cc2ccccc2)C1. The largest absolute Gasteiger partial charge is 0.330 e. The molecule has 0 amide bonds. The van der Waals surface area contributed by atoms with E-state index in [2.05, 4.69) is 4.98 Å². The normalized spacial score (nSPS) is 20.6. The maximum absolute atomic E-state index is 13.3. The van der Waals surface area contributed by atoms with Gasteiger partial charge in [-0.2, -0.15) is 4.31 Å². The molecule has 2 aliphatic rings. The van der Waals surface area contributed by atoms with Crippen LogP contribution in [0, 0.1) is 5.92 Å². The zero-order valence-corrected chi connectivity index (χ0v) is 17.7. The Hall–Kier alpha value is -2.45. The lowest BCUT2D eigenvalue weighted by molar-refractivity contribution is 0.264. The van der Waals surface area contributed by atoms with Crippen molar-refractivity contribution in [3.63, 3.8) is 0 Å². The van der Waals surface area contributed by atoms with Gasteiger partial charge in [-0.05, 0) is 49.3 Å². The van der Waals surface area contributed by atoms with Crippen molar-refractivity contribution in [1.29, 1.82) is 0 Å². The van der Waals surface area contributed by atoms with Gasteiger partial charge in [0.25, 0.3) is 0 Å². The number of hydrogen-bond acceptors (Lipinski definition) is 4. The van der Waals surface area contributed by atoms with Crippen LogP contribution >= 0.6 is 0 Å². The smallest absolute Gasteiger partial charge is 0.290 e. The topological polar surface area (TPSA) is 77.2 Å². The molecule has 1 aliphatic carbocycles. The molecule has 3 heterocycles. The standard InChI is InChI=1S/C22H26N4O3S/c27-22-25(14-17-10-11-17)20-9-4-12-23-21(20)26(22)19-8-5-13-24(15-19)30(28,29)16-18-6-2-1-3-7-18/h1-4,6-7,9,12,17,19H,5,8,10-11,13-16H2/t19-/m0/s1. The van der Waals surface area contributed by atoms with Gasteiger partial charge in [-0.25, -0.2) is 18.2 Å². The lowest BCUT2D eigenvalue weighted by Crippen LogP contribution is -2.43. The number of hydrogen-bond donors (Lipinski definition) is 0. The van der Waals surface area contributed by atoms with Crippen molar-refractivity contribution in [3.8, 4) is 0 Å². The Labute approximate surface area is 176 Å². The van der Waals surface area contributed by atoms with Crippen LogP contribution in [0.25, 0.3) is 11.2 Å². The van der Waals surface area contributed by atoms with Crippen molar-refractivity contribution in [1.82, 2.24) is 18.4 Å². The Balaban J connectivity index is 1.46. The lowest BCUT2D eigenvalue weighted by atomic mass is 10.1. The van der Waals surface area contributed by atoms with Crippen molar-refractivity contribution < 1.29 is 8.42 Å². The van der Waals surface area contributed by atoms with Gasteiger partial charge < -0.3 is 0 Å². The van der Waals surface area contributed by atoms with E-state index in [1.54, 1.807) is 15.1 Å². The molecule has 1 saturated heterocycles. The van der Waals surface area contributed by atoms with Gasteiger partial charge in [0, 0.05) is 25.8 Å². The fraction of sp³-hybridized carbons (Fsp3) is 0.455. The molecule has 8 heteroatoms. The number of benzene rings is 1. The Morgan fingerprint density at radius 2 is 1.83 bits per heavy atom. The first-order valence-electron chi connectivity index (χ1n) is 10.6. The summed E-state index contributed by atoms with van der Waals surface area (Å²) in [4.78, 5) is 17.8. The summed E-state index contributed by atoms with van der Waals surface area (Å²) < 4.78 is 31.2. The van der Waals surface area contributed by atoms with Crippen molar-refractivity contribution in [2.45, 2.75) is 44.0 Å². The van der Waals surface area contributed by atoms with E-state index in [0.717, 1.165) is 43.3 Å². The molecule has 0 bridgehead atoms. The van der Waals surface area contributed by atoms with Crippen LogP contribution in [-0.4, -0.2) is 39.9 Å². The summed E-state index contributed by atoms with van der Waals surface area (Å²) in [5.74, 6) is 0.549. The van der Waals surface area contributed by atoms with Crippen LogP contribution in [0.2, 0.25) is 0 Å². The summed E-state index contributed by atoms with van der Waals surface area (Å²) in [7, 11) is -3.45. The lowest BCUT2D eigenvalue weighted by Gasteiger charge is -2.32. The highest BCUT2D eigenvalue weighted by atomic mass is 32.2. The zero-order chi connectivity index (χ0) is 20.7. The van der Waals surface area contributed by atoms with E-state index >= 15 is 0 Å². The van der Waals surface area contributed by atoms with Crippen LogP contribution < -0.4 is 5.69 Å². The number of sulfonamides is 1. The van der Waals surface area contributed by atoms with E-state index in [-0.39, 0.29) is 17.5 Å². The molecule has 3 aromatic rings. The first-order chi connectivity index (χ1) is 14.5. The van der Waals surface area contributed by atoms with Crippen molar-refractivity contribution >= 4 is 21.2 Å². The average Bonchev–Trinajstić information content (AvgIpc) is 3.53. The van der Waals surface area contributed by atoms with Crippen molar-refractivity contribution in [2.75, 3.05) is 13.1 Å². The molecule has 158 valence electrons. The minimum atomic E-state index is -3.45. The predicted octanol–water partition coefficient (Wildman–Crippen LogP) is 2.77. The molecule has 1 aromatic carbocycles. The molecule has 1 atom stereocenters. The maximum atomic E-state index is 13.3. The second-order valence-electron chi connectivity index (χ2n) is 8.45. The Morgan fingerprint density at radius 1 is 1.03 bits per heavy atom. The first-order valence-corrected chi connectivity index (χ1v) is 12.2. The highest BCUT2D eigenvalue weighted by molar-refractivity contribution is 7.88. The van der Waals surface area contributed by atoms with Gasteiger partial charge in [0.1, 0.15) is 0 Å². The molecule has 5 rings (SSSR count). The minimum Gasteiger partial charge on any atom is -0.290 e. The molecule has 2 aromatic heterocycles. The molecule has 1 saturated carbocycles. The van der Waals surface area contributed by atoms with Gasteiger partial charge >= 0.3 is 5.69 Å². The molecule has 0 spiro atoms. The van der Waals surface area contributed by atoms with Gasteiger partial charge in [-0.1, -0.05) is 30.3 Å². The van der Waals surface area contributed by atoms with Gasteiger partial charge in [0.2, 0.25) is 10.0 Å². The van der Waals surface area contributed by atoms with Crippen LogP contribution in [0.4, 0.5) is 0 Å². The third-order valence-corrected chi connectivity index (χ3v) is 7.99. The molecular formula is C22H26N4O3S. The van der Waals surface area contributed by atoms with E-state index in [0.29, 0.717) is 24.7 Å².